The van der Waals surface area contributed by atoms with Crippen LogP contribution in [0, 0.1) is 23.5 Å². The molecule has 0 aromatic heterocycles. The number of rotatable bonds is 13. The summed E-state index contributed by atoms with van der Waals surface area (Å²) in [7, 11) is 0. The lowest BCUT2D eigenvalue weighted by Crippen LogP contribution is -2.50. The number of benzene rings is 1. The van der Waals surface area contributed by atoms with Crippen molar-refractivity contribution < 1.29 is 36.1 Å². The van der Waals surface area contributed by atoms with Gasteiger partial charge in [-0.2, -0.15) is 13.2 Å². The monoisotopic (exact) mass is 601 g/mol. The van der Waals surface area contributed by atoms with Gasteiger partial charge in [-0.3, -0.25) is 15.1 Å². The van der Waals surface area contributed by atoms with Crippen molar-refractivity contribution in [2.45, 2.75) is 122 Å². The van der Waals surface area contributed by atoms with Gasteiger partial charge < -0.3 is 10.1 Å². The predicted molar refractivity (Wildman–Crippen MR) is 154 cm³/mol. The van der Waals surface area contributed by atoms with Crippen molar-refractivity contribution in [3.63, 3.8) is 0 Å². The molecule has 1 aromatic rings. The molecule has 0 spiro atoms. The van der Waals surface area contributed by atoms with Crippen LogP contribution in [-0.2, 0) is 9.53 Å². The van der Waals surface area contributed by atoms with Crippen LogP contribution < -0.4 is 10.6 Å². The fourth-order valence-corrected chi connectivity index (χ4v) is 5.80. The molecule has 2 aliphatic rings. The lowest BCUT2D eigenvalue weighted by atomic mass is 9.93. The third-order valence-corrected chi connectivity index (χ3v) is 8.06. The van der Waals surface area contributed by atoms with Crippen molar-refractivity contribution in [1.29, 1.82) is 0 Å². The summed E-state index contributed by atoms with van der Waals surface area (Å²) in [5, 5.41) is 5.75. The summed E-state index contributed by atoms with van der Waals surface area (Å²) in [6.45, 7) is 11.8. The largest absolute Gasteiger partial charge is 0.415 e. The SMILES string of the molecule is CCCCCC1(CC)C=[N+]1C(CC(C)NC(=NCC(C)C)NC(=O)C1CC(C)OC1C(F)(F)F)c1cc(F)cc(F)c1. The van der Waals surface area contributed by atoms with Gasteiger partial charge in [0.2, 0.25) is 17.7 Å². The van der Waals surface area contributed by atoms with E-state index in [9.17, 15) is 26.7 Å². The Morgan fingerprint density at radius 3 is 2.38 bits per heavy atom. The third-order valence-electron chi connectivity index (χ3n) is 8.06. The van der Waals surface area contributed by atoms with Gasteiger partial charge in [-0.05, 0) is 44.7 Å². The van der Waals surface area contributed by atoms with Gasteiger partial charge in [0, 0.05) is 43.5 Å². The molecule has 1 aromatic carbocycles. The standard InChI is InChI=1S/C31H45F5N4O2/c1-7-9-10-11-30(8-2)18-40(30)26(22-14-23(32)16-24(33)15-22)12-20(5)38-29(37-17-19(3)4)39-28(41)25-13-21(6)42-27(25)31(34,35)36/h14-16,18-21,25-27H,7-13,17H2,1-6H3,(H-,37,38,39,41)/p+1. The molecule has 2 heterocycles. The van der Waals surface area contributed by atoms with E-state index in [4.69, 9.17) is 4.74 Å². The van der Waals surface area contributed by atoms with Crippen molar-refractivity contribution in [3.8, 4) is 0 Å². The van der Waals surface area contributed by atoms with Gasteiger partial charge in [0.05, 0.1) is 12.0 Å². The smallest absolute Gasteiger partial charge is 0.365 e. The number of amides is 1. The molecule has 2 N–H and O–H groups in total. The number of ether oxygens (including phenoxy) is 1. The minimum atomic E-state index is -4.67. The molecule has 11 heteroatoms. The van der Waals surface area contributed by atoms with E-state index >= 15 is 0 Å². The number of guanidine groups is 1. The van der Waals surface area contributed by atoms with E-state index in [0.717, 1.165) is 38.2 Å². The van der Waals surface area contributed by atoms with Crippen molar-refractivity contribution in [2.24, 2.45) is 16.8 Å². The average molecular weight is 602 g/mol. The van der Waals surface area contributed by atoms with Crippen LogP contribution in [-0.4, -0.2) is 59.2 Å². The number of nitrogens with one attached hydrogen (secondary N) is 2. The highest BCUT2D eigenvalue weighted by atomic mass is 19.4. The molecule has 0 radical (unpaired) electrons. The number of hydrogen-bond acceptors (Lipinski definition) is 3. The fraction of sp³-hybridized carbons (Fsp3) is 0.710. The van der Waals surface area contributed by atoms with Gasteiger partial charge in [0.1, 0.15) is 11.6 Å². The van der Waals surface area contributed by atoms with Gasteiger partial charge in [0.25, 0.3) is 0 Å². The van der Waals surface area contributed by atoms with E-state index in [1.54, 1.807) is 0 Å². The first kappa shape index (κ1) is 33.9. The van der Waals surface area contributed by atoms with E-state index in [1.807, 2.05) is 20.8 Å². The highest BCUT2D eigenvalue weighted by Crippen LogP contribution is 2.40. The lowest BCUT2D eigenvalue weighted by molar-refractivity contribution is -0.553. The van der Waals surface area contributed by atoms with Crippen molar-refractivity contribution >= 4 is 18.1 Å². The molecule has 0 saturated carbocycles. The minimum Gasteiger partial charge on any atom is -0.365 e. The summed E-state index contributed by atoms with van der Waals surface area (Å²) >= 11 is 0. The van der Waals surface area contributed by atoms with Crippen LogP contribution in [0.5, 0.6) is 0 Å². The summed E-state index contributed by atoms with van der Waals surface area (Å²) in [6.07, 6.45) is -0.0763. The Balaban J connectivity index is 1.81. The first-order valence-corrected chi connectivity index (χ1v) is 15.1. The average Bonchev–Trinajstić information content (AvgIpc) is 3.45. The highest BCUT2D eigenvalue weighted by molar-refractivity contribution is 5.98. The molecule has 1 fully saturated rings. The van der Waals surface area contributed by atoms with Gasteiger partial charge in [-0.15, -0.1) is 0 Å². The molecule has 236 valence electrons. The van der Waals surface area contributed by atoms with E-state index in [-0.39, 0.29) is 35.9 Å². The second-order valence-electron chi connectivity index (χ2n) is 12.3. The summed E-state index contributed by atoms with van der Waals surface area (Å²) in [5.41, 5.74) is 0.328. The maximum Gasteiger partial charge on any atom is 0.415 e. The molecule has 2 aliphatic heterocycles. The van der Waals surface area contributed by atoms with Crippen molar-refractivity contribution in [3.05, 3.63) is 35.4 Å². The highest BCUT2D eigenvalue weighted by Gasteiger charge is 2.57. The van der Waals surface area contributed by atoms with Crippen LogP contribution in [0.1, 0.15) is 98.1 Å². The maximum absolute atomic E-state index is 14.3. The normalized spacial score (nSPS) is 25.8. The van der Waals surface area contributed by atoms with E-state index in [2.05, 4.69) is 40.3 Å². The lowest BCUT2D eigenvalue weighted by Gasteiger charge is -2.24. The number of alkyl halides is 3. The fourth-order valence-electron chi connectivity index (χ4n) is 5.80. The molecule has 42 heavy (non-hydrogen) atoms. The Labute approximate surface area is 246 Å². The molecule has 1 amide bonds. The first-order chi connectivity index (χ1) is 19.7. The molecule has 0 bridgehead atoms. The van der Waals surface area contributed by atoms with Crippen LogP contribution >= 0.6 is 0 Å². The Kier molecular flexibility index (Phi) is 11.5. The first-order valence-electron chi connectivity index (χ1n) is 15.1. The van der Waals surface area contributed by atoms with Crippen LogP contribution in [0.2, 0.25) is 0 Å². The summed E-state index contributed by atoms with van der Waals surface area (Å²) in [4.78, 5) is 17.5. The third kappa shape index (κ3) is 8.97. The quantitative estimate of drug-likeness (QED) is 0.0872. The Morgan fingerprint density at radius 2 is 1.81 bits per heavy atom. The molecular weight excluding hydrogens is 555 g/mol. The van der Waals surface area contributed by atoms with Crippen LogP contribution in [0.15, 0.2) is 23.2 Å². The molecule has 6 unspecified atom stereocenters. The number of nitrogens with zero attached hydrogens (tertiary/aromatic N) is 2. The summed E-state index contributed by atoms with van der Waals surface area (Å²) < 4.78 is 76.5. The van der Waals surface area contributed by atoms with Crippen LogP contribution in [0.4, 0.5) is 22.0 Å². The summed E-state index contributed by atoms with van der Waals surface area (Å²) in [6, 6.07) is 2.81. The van der Waals surface area contributed by atoms with Gasteiger partial charge in [-0.1, -0.05) is 40.5 Å². The zero-order chi connectivity index (χ0) is 31.2. The van der Waals surface area contributed by atoms with Crippen molar-refractivity contribution in [2.75, 3.05) is 6.54 Å². The molecule has 0 aliphatic carbocycles. The number of aliphatic imine (C=N–C) groups is 1. The number of carbonyl (C=O) groups excluding carboxylic acids is 1. The van der Waals surface area contributed by atoms with E-state index in [1.165, 1.54) is 19.1 Å². The number of unbranched alkanes of at least 4 members (excludes halogenated alkanes) is 2. The Bertz CT molecular complexity index is 1120. The number of halogens is 5. The van der Waals surface area contributed by atoms with Crippen LogP contribution in [0.25, 0.3) is 0 Å². The number of hydrogen-bond donors (Lipinski definition) is 2. The minimum absolute atomic E-state index is 0.0574. The van der Waals surface area contributed by atoms with E-state index < -0.39 is 41.8 Å². The second-order valence-corrected chi connectivity index (χ2v) is 12.3. The molecule has 6 nitrogen and oxygen atoms in total. The second kappa shape index (κ2) is 14.3. The maximum atomic E-state index is 14.3. The molecular formula is C31H46F5N4O2+. The predicted octanol–water partition coefficient (Wildman–Crippen LogP) is 6.68. The molecule has 1 saturated heterocycles. The topological polar surface area (TPSA) is 65.7 Å². The van der Waals surface area contributed by atoms with E-state index in [0.29, 0.717) is 18.5 Å². The Morgan fingerprint density at radius 1 is 1.14 bits per heavy atom. The Hall–Kier alpha value is -2.56. The van der Waals surface area contributed by atoms with Crippen LogP contribution in [0.3, 0.4) is 0 Å². The molecule has 6 atom stereocenters. The molecule has 3 rings (SSSR count). The van der Waals surface area contributed by atoms with Gasteiger partial charge >= 0.3 is 6.18 Å². The van der Waals surface area contributed by atoms with Gasteiger partial charge in [0.15, 0.2) is 18.1 Å². The summed E-state index contributed by atoms with van der Waals surface area (Å²) in [5.74, 6) is -3.33. The zero-order valence-electron chi connectivity index (χ0n) is 25.5. The van der Waals surface area contributed by atoms with Gasteiger partial charge in [-0.25, -0.2) is 13.4 Å². The van der Waals surface area contributed by atoms with Crippen molar-refractivity contribution in [1.82, 2.24) is 10.6 Å². The number of carbonyl (C=O) groups is 1. The zero-order valence-corrected chi connectivity index (χ0v) is 25.5.